The van der Waals surface area contributed by atoms with E-state index in [1.165, 1.54) is 5.56 Å². The highest BCUT2D eigenvalue weighted by Crippen LogP contribution is 2.27. The van der Waals surface area contributed by atoms with Gasteiger partial charge in [0.2, 0.25) is 0 Å². The zero-order chi connectivity index (χ0) is 21.6. The smallest absolute Gasteiger partial charge is 0.252 e. The summed E-state index contributed by atoms with van der Waals surface area (Å²) in [5, 5.41) is 9.54. The first kappa shape index (κ1) is 19.9. The summed E-state index contributed by atoms with van der Waals surface area (Å²) in [5.41, 5.74) is 5.26. The first-order valence-electron chi connectivity index (χ1n) is 10.0. The molecule has 0 radical (unpaired) electrons. The molecule has 0 fully saturated rings. The molecular formula is C23H27N5O2. The molecule has 1 amide bonds. The highest BCUT2D eigenvalue weighted by molar-refractivity contribution is 6.06. The molecule has 30 heavy (non-hydrogen) atoms. The van der Waals surface area contributed by atoms with Gasteiger partial charge in [0.25, 0.3) is 5.91 Å². The average Bonchev–Trinajstić information content (AvgIpc) is 3.16. The highest BCUT2D eigenvalue weighted by atomic mass is 16.5. The fourth-order valence-electron chi connectivity index (χ4n) is 4.17. The molecule has 0 saturated carbocycles. The molecule has 7 nitrogen and oxygen atoms in total. The Labute approximate surface area is 175 Å². The third-order valence-corrected chi connectivity index (χ3v) is 5.52. The van der Waals surface area contributed by atoms with Gasteiger partial charge >= 0.3 is 0 Å². The number of ether oxygens (including phenoxy) is 1. The second kappa shape index (κ2) is 7.48. The molecule has 3 aromatic heterocycles. The van der Waals surface area contributed by atoms with Crippen LogP contribution in [0.1, 0.15) is 34.2 Å². The maximum Gasteiger partial charge on any atom is 0.252 e. The number of amides is 1. The highest BCUT2D eigenvalue weighted by Gasteiger charge is 2.20. The van der Waals surface area contributed by atoms with Crippen LogP contribution in [0.3, 0.4) is 0 Å². The summed E-state index contributed by atoms with van der Waals surface area (Å²) in [4.78, 5) is 17.7. The van der Waals surface area contributed by atoms with E-state index in [2.05, 4.69) is 32.2 Å². The minimum Gasteiger partial charge on any atom is -0.497 e. The second-order valence-corrected chi connectivity index (χ2v) is 7.95. The van der Waals surface area contributed by atoms with Gasteiger partial charge < -0.3 is 14.6 Å². The second-order valence-electron chi connectivity index (χ2n) is 7.95. The zero-order valence-electron chi connectivity index (χ0n) is 18.3. The van der Waals surface area contributed by atoms with Gasteiger partial charge in [-0.1, -0.05) is 0 Å². The fraction of sp³-hybridized carbons (Fsp3) is 0.348. The Kier molecular flexibility index (Phi) is 4.97. The van der Waals surface area contributed by atoms with Crippen LogP contribution in [-0.4, -0.2) is 38.4 Å². The van der Waals surface area contributed by atoms with Crippen LogP contribution in [0.15, 0.2) is 30.5 Å². The van der Waals surface area contributed by atoms with E-state index in [1.54, 1.807) is 11.8 Å². The van der Waals surface area contributed by atoms with E-state index in [-0.39, 0.29) is 11.9 Å². The molecule has 1 unspecified atom stereocenters. The predicted molar refractivity (Wildman–Crippen MR) is 118 cm³/mol. The van der Waals surface area contributed by atoms with Crippen molar-refractivity contribution in [1.82, 2.24) is 24.6 Å². The summed E-state index contributed by atoms with van der Waals surface area (Å²) in [7, 11) is 5.55. The van der Waals surface area contributed by atoms with Crippen molar-refractivity contribution in [3.63, 3.8) is 0 Å². The Hall–Kier alpha value is -3.35. The molecule has 156 valence electrons. The molecule has 0 bridgehead atoms. The molecule has 0 aliphatic heterocycles. The van der Waals surface area contributed by atoms with Crippen LogP contribution in [0.5, 0.6) is 5.75 Å². The third-order valence-electron chi connectivity index (χ3n) is 5.52. The summed E-state index contributed by atoms with van der Waals surface area (Å²) >= 11 is 0. The number of rotatable bonds is 5. The van der Waals surface area contributed by atoms with Crippen molar-refractivity contribution in [1.29, 1.82) is 0 Å². The number of hydrogen-bond donors (Lipinski definition) is 1. The molecule has 0 spiro atoms. The number of carbonyl (C=O) groups is 1. The first-order chi connectivity index (χ1) is 14.3. The van der Waals surface area contributed by atoms with Crippen molar-refractivity contribution in [3.05, 3.63) is 53.0 Å². The van der Waals surface area contributed by atoms with Crippen LogP contribution in [0.4, 0.5) is 0 Å². The number of nitrogens with one attached hydrogen (secondary N) is 1. The maximum absolute atomic E-state index is 13.1. The van der Waals surface area contributed by atoms with E-state index in [4.69, 9.17) is 4.74 Å². The lowest BCUT2D eigenvalue weighted by Gasteiger charge is -2.15. The summed E-state index contributed by atoms with van der Waals surface area (Å²) in [6, 6.07) is 7.86. The number of methoxy groups -OCH3 is 1. The van der Waals surface area contributed by atoms with Gasteiger partial charge in [-0.2, -0.15) is 5.10 Å². The van der Waals surface area contributed by atoms with Crippen LogP contribution in [0.2, 0.25) is 0 Å². The topological polar surface area (TPSA) is 74.0 Å². The van der Waals surface area contributed by atoms with Crippen molar-refractivity contribution >= 4 is 27.8 Å². The predicted octanol–water partition coefficient (Wildman–Crippen LogP) is 3.45. The number of carbonyl (C=O) groups excluding carboxylic acids is 1. The van der Waals surface area contributed by atoms with Gasteiger partial charge in [-0.05, 0) is 57.0 Å². The number of benzene rings is 1. The van der Waals surface area contributed by atoms with Gasteiger partial charge in [0.1, 0.15) is 5.75 Å². The molecule has 4 rings (SSSR count). The molecule has 0 aliphatic rings. The molecule has 7 heteroatoms. The summed E-state index contributed by atoms with van der Waals surface area (Å²) in [6.07, 6.45) is 2.84. The monoisotopic (exact) mass is 405 g/mol. The molecule has 1 aromatic carbocycles. The Morgan fingerprint density at radius 3 is 2.73 bits per heavy atom. The van der Waals surface area contributed by atoms with E-state index in [0.717, 1.165) is 45.5 Å². The maximum atomic E-state index is 13.1. The molecule has 0 saturated heterocycles. The number of nitrogens with zero attached hydrogens (tertiary/aromatic N) is 4. The normalized spacial score (nSPS) is 12.5. The molecule has 1 N–H and O–H groups in total. The van der Waals surface area contributed by atoms with E-state index in [9.17, 15) is 4.79 Å². The number of fused-ring (bicyclic) bond motifs is 2. The van der Waals surface area contributed by atoms with Crippen molar-refractivity contribution in [3.8, 4) is 5.75 Å². The Morgan fingerprint density at radius 2 is 2.00 bits per heavy atom. The lowest BCUT2D eigenvalue weighted by Crippen LogP contribution is -2.34. The third kappa shape index (κ3) is 3.40. The van der Waals surface area contributed by atoms with Gasteiger partial charge in [0, 0.05) is 42.9 Å². The minimum absolute atomic E-state index is 0.0465. The van der Waals surface area contributed by atoms with Crippen LogP contribution < -0.4 is 10.1 Å². The summed E-state index contributed by atoms with van der Waals surface area (Å²) in [6.45, 7) is 5.83. The van der Waals surface area contributed by atoms with Gasteiger partial charge in [-0.25, -0.2) is 4.98 Å². The molecule has 0 aliphatic carbocycles. The van der Waals surface area contributed by atoms with E-state index >= 15 is 0 Å². The SMILES string of the molecule is COc1ccc2c(c1)c(CC(C)NC(=O)c1cc(C)nc3c1c(C)nn3C)cn2C. The Bertz CT molecular complexity index is 1270. The van der Waals surface area contributed by atoms with Crippen molar-refractivity contribution in [2.24, 2.45) is 14.1 Å². The standard InChI is InChI=1S/C23H27N5O2/c1-13(9-16-12-27(4)20-8-7-17(30-6)11-18(16)20)25-23(29)19-10-14(2)24-22-21(19)15(3)26-28(22)5/h7-8,10-13H,9H2,1-6H3,(H,25,29). The molecular weight excluding hydrogens is 378 g/mol. The lowest BCUT2D eigenvalue weighted by atomic mass is 10.0. The van der Waals surface area contributed by atoms with E-state index in [0.29, 0.717) is 5.56 Å². The van der Waals surface area contributed by atoms with Gasteiger partial charge in [0.15, 0.2) is 5.65 Å². The van der Waals surface area contributed by atoms with Crippen LogP contribution in [-0.2, 0) is 20.5 Å². The quantitative estimate of drug-likeness (QED) is 0.552. The van der Waals surface area contributed by atoms with Crippen molar-refractivity contribution < 1.29 is 9.53 Å². The first-order valence-corrected chi connectivity index (χ1v) is 10.0. The van der Waals surface area contributed by atoms with Crippen LogP contribution >= 0.6 is 0 Å². The van der Waals surface area contributed by atoms with Gasteiger partial charge in [-0.15, -0.1) is 0 Å². The van der Waals surface area contributed by atoms with Crippen LogP contribution in [0, 0.1) is 13.8 Å². The number of aryl methyl sites for hydroxylation is 4. The Morgan fingerprint density at radius 1 is 1.23 bits per heavy atom. The van der Waals surface area contributed by atoms with Gasteiger partial charge in [0.05, 0.1) is 23.8 Å². The largest absolute Gasteiger partial charge is 0.497 e. The molecule has 3 heterocycles. The number of hydrogen-bond acceptors (Lipinski definition) is 4. The number of aromatic nitrogens is 4. The summed E-state index contributed by atoms with van der Waals surface area (Å²) < 4.78 is 9.21. The van der Waals surface area contributed by atoms with Crippen molar-refractivity contribution in [2.75, 3.05) is 7.11 Å². The summed E-state index contributed by atoms with van der Waals surface area (Å²) in [5.74, 6) is 0.722. The lowest BCUT2D eigenvalue weighted by molar-refractivity contribution is 0.0941. The van der Waals surface area contributed by atoms with E-state index in [1.807, 2.05) is 53.1 Å². The van der Waals surface area contributed by atoms with E-state index < -0.39 is 0 Å². The minimum atomic E-state index is -0.105. The number of pyridine rings is 1. The molecule has 4 aromatic rings. The molecule has 1 atom stereocenters. The van der Waals surface area contributed by atoms with Crippen LogP contribution in [0.25, 0.3) is 21.9 Å². The van der Waals surface area contributed by atoms with Gasteiger partial charge in [-0.3, -0.25) is 9.48 Å². The fourth-order valence-corrected chi connectivity index (χ4v) is 4.17. The van der Waals surface area contributed by atoms with Crippen molar-refractivity contribution in [2.45, 2.75) is 33.2 Å². The zero-order valence-corrected chi connectivity index (χ0v) is 18.3. The Balaban J connectivity index is 1.61. The average molecular weight is 406 g/mol.